The number of likely N-dealkylation sites (tertiary alicyclic amines) is 1. The fourth-order valence-electron chi connectivity index (χ4n) is 4.07. The van der Waals surface area contributed by atoms with Gasteiger partial charge in [-0.15, -0.1) is 11.8 Å². The summed E-state index contributed by atoms with van der Waals surface area (Å²) in [5, 5.41) is 9.79. The van der Waals surface area contributed by atoms with Crippen LogP contribution in [0.2, 0.25) is 0 Å². The predicted octanol–water partition coefficient (Wildman–Crippen LogP) is 1.95. The van der Waals surface area contributed by atoms with Crippen molar-refractivity contribution in [2.24, 2.45) is 11.8 Å². The number of morpholine rings is 1. The molecule has 1 amide bonds. The molecule has 0 unspecified atom stereocenters. The van der Waals surface area contributed by atoms with Crippen molar-refractivity contribution in [3.8, 4) is 0 Å². The van der Waals surface area contributed by atoms with Gasteiger partial charge in [-0.1, -0.05) is 18.2 Å². The third kappa shape index (κ3) is 5.22. The lowest BCUT2D eigenvalue weighted by atomic mass is 9.96. The minimum Gasteiger partial charge on any atom is -0.396 e. The molecule has 2 aliphatic heterocycles. The molecule has 2 saturated heterocycles. The fraction of sp³-hybridized carbons (Fsp3) is 0.650. The first-order valence-electron chi connectivity index (χ1n) is 9.49. The first-order chi connectivity index (χ1) is 12.5. The molecular formula is C20H30N2O3S. The Bertz CT molecular complexity index is 576. The van der Waals surface area contributed by atoms with Gasteiger partial charge in [-0.3, -0.25) is 9.69 Å². The first-order valence-corrected chi connectivity index (χ1v) is 10.5. The van der Waals surface area contributed by atoms with Gasteiger partial charge in [-0.25, -0.2) is 0 Å². The lowest BCUT2D eigenvalue weighted by Crippen LogP contribution is -2.48. The molecule has 26 heavy (non-hydrogen) atoms. The zero-order chi connectivity index (χ0) is 18.5. The van der Waals surface area contributed by atoms with Crippen LogP contribution >= 0.6 is 11.8 Å². The van der Waals surface area contributed by atoms with Crippen LogP contribution in [0.5, 0.6) is 0 Å². The van der Waals surface area contributed by atoms with E-state index in [0.29, 0.717) is 18.2 Å². The van der Waals surface area contributed by atoms with E-state index in [1.165, 1.54) is 0 Å². The maximum atomic E-state index is 12.6. The van der Waals surface area contributed by atoms with Crippen LogP contribution < -0.4 is 0 Å². The van der Waals surface area contributed by atoms with E-state index < -0.39 is 0 Å². The van der Waals surface area contributed by atoms with E-state index in [1.54, 1.807) is 11.8 Å². The lowest BCUT2D eigenvalue weighted by Gasteiger charge is -2.37. The second-order valence-corrected chi connectivity index (χ2v) is 8.63. The Morgan fingerprint density at radius 1 is 1.12 bits per heavy atom. The van der Waals surface area contributed by atoms with Gasteiger partial charge in [0.25, 0.3) is 0 Å². The van der Waals surface area contributed by atoms with E-state index in [9.17, 15) is 9.90 Å². The summed E-state index contributed by atoms with van der Waals surface area (Å²) in [5.41, 5.74) is 0. The number of aliphatic hydroxyl groups excluding tert-OH is 1. The maximum absolute atomic E-state index is 12.6. The number of carbonyl (C=O) groups excluding carboxylic acids is 1. The number of amides is 1. The van der Waals surface area contributed by atoms with Crippen molar-refractivity contribution in [3.63, 3.8) is 0 Å². The largest absolute Gasteiger partial charge is 0.396 e. The van der Waals surface area contributed by atoms with E-state index in [-0.39, 0.29) is 30.6 Å². The Hall–Kier alpha value is -1.08. The van der Waals surface area contributed by atoms with Gasteiger partial charge in [0.05, 0.1) is 18.0 Å². The van der Waals surface area contributed by atoms with Crippen LogP contribution in [-0.4, -0.2) is 78.1 Å². The average molecular weight is 379 g/mol. The summed E-state index contributed by atoms with van der Waals surface area (Å²) in [6.45, 7) is 8.57. The minimum atomic E-state index is 0.149. The van der Waals surface area contributed by atoms with Crippen molar-refractivity contribution in [1.29, 1.82) is 0 Å². The van der Waals surface area contributed by atoms with E-state index in [1.807, 2.05) is 35.2 Å². The average Bonchev–Trinajstić information content (AvgIpc) is 3.02. The van der Waals surface area contributed by atoms with Gasteiger partial charge in [0.15, 0.2) is 0 Å². The molecular weight excluding hydrogens is 348 g/mol. The molecule has 0 aromatic heterocycles. The summed E-state index contributed by atoms with van der Waals surface area (Å²) in [7, 11) is 0. The number of thioether (sulfide) groups is 1. The van der Waals surface area contributed by atoms with Gasteiger partial charge < -0.3 is 14.7 Å². The van der Waals surface area contributed by atoms with Gasteiger partial charge >= 0.3 is 0 Å². The second-order valence-electron chi connectivity index (χ2n) is 7.58. The molecule has 1 aromatic rings. The summed E-state index contributed by atoms with van der Waals surface area (Å²) in [6.07, 6.45) is 0.487. The van der Waals surface area contributed by atoms with Crippen molar-refractivity contribution in [2.75, 3.05) is 45.1 Å². The van der Waals surface area contributed by atoms with Crippen molar-refractivity contribution < 1.29 is 14.6 Å². The molecule has 3 rings (SSSR count). The Morgan fingerprint density at radius 3 is 2.42 bits per heavy atom. The maximum Gasteiger partial charge on any atom is 0.232 e. The zero-order valence-corrected chi connectivity index (χ0v) is 16.5. The Labute approximate surface area is 160 Å². The summed E-state index contributed by atoms with van der Waals surface area (Å²) < 4.78 is 5.81. The summed E-state index contributed by atoms with van der Waals surface area (Å²) >= 11 is 1.58. The number of aliphatic hydroxyl groups is 1. The smallest absolute Gasteiger partial charge is 0.232 e. The molecule has 2 aliphatic rings. The molecule has 0 spiro atoms. The molecule has 0 saturated carbocycles. The van der Waals surface area contributed by atoms with Crippen LogP contribution in [0.4, 0.5) is 0 Å². The number of ether oxygens (including phenoxy) is 1. The van der Waals surface area contributed by atoms with E-state index in [2.05, 4.69) is 18.7 Å². The van der Waals surface area contributed by atoms with E-state index in [0.717, 1.165) is 31.1 Å². The molecule has 1 N–H and O–H groups in total. The number of hydrogen-bond donors (Lipinski definition) is 1. The first kappa shape index (κ1) is 19.7. The molecule has 6 heteroatoms. The van der Waals surface area contributed by atoms with Crippen LogP contribution in [0.3, 0.4) is 0 Å². The Balaban J connectivity index is 1.52. The van der Waals surface area contributed by atoms with Gasteiger partial charge in [-0.2, -0.15) is 0 Å². The highest BCUT2D eigenvalue weighted by molar-refractivity contribution is 8.00. The van der Waals surface area contributed by atoms with Gasteiger partial charge in [0.1, 0.15) is 0 Å². The van der Waals surface area contributed by atoms with E-state index >= 15 is 0 Å². The number of nitrogens with zero attached hydrogens (tertiary/aromatic N) is 2. The molecule has 0 bridgehead atoms. The summed E-state index contributed by atoms with van der Waals surface area (Å²) in [5.74, 6) is 1.14. The third-order valence-corrected chi connectivity index (χ3v) is 6.25. The molecule has 0 aliphatic carbocycles. The van der Waals surface area contributed by atoms with Gasteiger partial charge in [0.2, 0.25) is 5.91 Å². The SMILES string of the molecule is C[C@@H]1CN(C[C@@H]2CN(C(=O)CSc3ccccc3)C[C@@H]2CO)C[C@H](C)O1. The molecule has 0 radical (unpaired) electrons. The van der Waals surface area contributed by atoms with Gasteiger partial charge in [-0.05, 0) is 31.9 Å². The third-order valence-electron chi connectivity index (χ3n) is 5.26. The Morgan fingerprint density at radius 2 is 1.77 bits per heavy atom. The van der Waals surface area contributed by atoms with Crippen molar-refractivity contribution >= 4 is 17.7 Å². The topological polar surface area (TPSA) is 53.0 Å². The quantitative estimate of drug-likeness (QED) is 0.767. The van der Waals surface area contributed by atoms with Crippen molar-refractivity contribution in [1.82, 2.24) is 9.80 Å². The van der Waals surface area contributed by atoms with Crippen LogP contribution in [0, 0.1) is 11.8 Å². The molecule has 4 atom stereocenters. The van der Waals surface area contributed by atoms with Gasteiger partial charge in [0, 0.05) is 50.1 Å². The number of hydrogen-bond acceptors (Lipinski definition) is 5. The monoisotopic (exact) mass is 378 g/mol. The summed E-state index contributed by atoms with van der Waals surface area (Å²) in [6, 6.07) is 10.0. The zero-order valence-electron chi connectivity index (χ0n) is 15.7. The van der Waals surface area contributed by atoms with Crippen molar-refractivity contribution in [2.45, 2.75) is 31.0 Å². The standard InChI is InChI=1S/C20H30N2O3S/c1-15-8-21(9-16(2)25-15)10-17-11-22(12-18(17)13-23)20(24)14-26-19-6-4-3-5-7-19/h3-7,15-18,23H,8-14H2,1-2H3/t15-,16+,17-,18-/m1/s1. The number of carbonyl (C=O) groups is 1. The normalized spacial score (nSPS) is 29.9. The minimum absolute atomic E-state index is 0.149. The summed E-state index contributed by atoms with van der Waals surface area (Å²) in [4.78, 5) is 18.1. The number of benzene rings is 1. The highest BCUT2D eigenvalue weighted by atomic mass is 32.2. The molecule has 5 nitrogen and oxygen atoms in total. The lowest BCUT2D eigenvalue weighted by molar-refractivity contribution is -0.127. The highest BCUT2D eigenvalue weighted by Crippen LogP contribution is 2.27. The number of rotatable bonds is 6. The molecule has 144 valence electrons. The van der Waals surface area contributed by atoms with Crippen molar-refractivity contribution in [3.05, 3.63) is 30.3 Å². The van der Waals surface area contributed by atoms with Crippen LogP contribution in [0.15, 0.2) is 35.2 Å². The van der Waals surface area contributed by atoms with Crippen LogP contribution in [0.25, 0.3) is 0 Å². The van der Waals surface area contributed by atoms with Crippen LogP contribution in [0.1, 0.15) is 13.8 Å². The van der Waals surface area contributed by atoms with Crippen LogP contribution in [-0.2, 0) is 9.53 Å². The molecule has 1 aromatic carbocycles. The molecule has 2 heterocycles. The fourth-order valence-corrected chi connectivity index (χ4v) is 4.90. The molecule has 2 fully saturated rings. The highest BCUT2D eigenvalue weighted by Gasteiger charge is 2.36. The van der Waals surface area contributed by atoms with E-state index in [4.69, 9.17) is 4.74 Å². The second kappa shape index (κ2) is 9.22. The predicted molar refractivity (Wildman–Crippen MR) is 104 cm³/mol. The Kier molecular flexibility index (Phi) is 6.98.